The van der Waals surface area contributed by atoms with Crippen LogP contribution in [0.3, 0.4) is 0 Å². The second kappa shape index (κ2) is 5.76. The largest absolute Gasteiger partial charge is 0.309 e. The van der Waals surface area contributed by atoms with E-state index in [1.165, 1.54) is 22.3 Å². The summed E-state index contributed by atoms with van der Waals surface area (Å²) >= 11 is 0. The SMILES string of the molecule is CNC(c1cc(C)ccc1C)c1c(C)cc(F)cc1C. The van der Waals surface area contributed by atoms with Crippen LogP contribution >= 0.6 is 0 Å². The summed E-state index contributed by atoms with van der Waals surface area (Å²) in [7, 11) is 1.95. The van der Waals surface area contributed by atoms with Crippen molar-refractivity contribution >= 4 is 0 Å². The van der Waals surface area contributed by atoms with Gasteiger partial charge in [0.05, 0.1) is 6.04 Å². The number of benzene rings is 2. The molecule has 106 valence electrons. The average molecular weight is 271 g/mol. The molecule has 0 fully saturated rings. The Balaban J connectivity index is 2.61. The molecule has 2 aromatic rings. The molecule has 1 unspecified atom stereocenters. The first-order valence-corrected chi connectivity index (χ1v) is 6.95. The van der Waals surface area contributed by atoms with Gasteiger partial charge in [0.2, 0.25) is 0 Å². The van der Waals surface area contributed by atoms with E-state index >= 15 is 0 Å². The maximum Gasteiger partial charge on any atom is 0.123 e. The summed E-state index contributed by atoms with van der Waals surface area (Å²) in [5.41, 5.74) is 6.89. The van der Waals surface area contributed by atoms with Gasteiger partial charge >= 0.3 is 0 Å². The van der Waals surface area contributed by atoms with Gasteiger partial charge < -0.3 is 5.32 Å². The minimum Gasteiger partial charge on any atom is -0.309 e. The Labute approximate surface area is 120 Å². The van der Waals surface area contributed by atoms with Crippen LogP contribution < -0.4 is 5.32 Å². The first-order chi connectivity index (χ1) is 9.43. The second-order valence-electron chi connectivity index (χ2n) is 5.53. The highest BCUT2D eigenvalue weighted by atomic mass is 19.1. The van der Waals surface area contributed by atoms with Crippen molar-refractivity contribution < 1.29 is 4.39 Å². The normalized spacial score (nSPS) is 12.5. The zero-order chi connectivity index (χ0) is 14.9. The van der Waals surface area contributed by atoms with E-state index in [0.29, 0.717) is 0 Å². The van der Waals surface area contributed by atoms with Crippen LogP contribution in [0.5, 0.6) is 0 Å². The lowest BCUT2D eigenvalue weighted by Gasteiger charge is -2.24. The van der Waals surface area contributed by atoms with Crippen molar-refractivity contribution in [1.29, 1.82) is 0 Å². The molecule has 0 heterocycles. The highest BCUT2D eigenvalue weighted by Gasteiger charge is 2.19. The van der Waals surface area contributed by atoms with Crippen LogP contribution in [0.2, 0.25) is 0 Å². The lowest BCUT2D eigenvalue weighted by Crippen LogP contribution is -2.21. The predicted octanol–water partition coefficient (Wildman–Crippen LogP) is 4.37. The molecule has 0 aliphatic rings. The summed E-state index contributed by atoms with van der Waals surface area (Å²) in [6, 6.07) is 9.78. The van der Waals surface area contributed by atoms with Crippen molar-refractivity contribution in [3.63, 3.8) is 0 Å². The zero-order valence-electron chi connectivity index (χ0n) is 12.8. The third kappa shape index (κ3) is 2.75. The molecular formula is C18H22FN. The van der Waals surface area contributed by atoms with Gasteiger partial charge in [-0.3, -0.25) is 0 Å². The molecule has 2 aromatic carbocycles. The van der Waals surface area contributed by atoms with Gasteiger partial charge in [0.25, 0.3) is 0 Å². The molecule has 0 aromatic heterocycles. The highest BCUT2D eigenvalue weighted by molar-refractivity contribution is 5.45. The van der Waals surface area contributed by atoms with Crippen LogP contribution in [-0.2, 0) is 0 Å². The lowest BCUT2D eigenvalue weighted by molar-refractivity contribution is 0.618. The van der Waals surface area contributed by atoms with E-state index < -0.39 is 0 Å². The van der Waals surface area contributed by atoms with Gasteiger partial charge in [-0.05, 0) is 74.7 Å². The summed E-state index contributed by atoms with van der Waals surface area (Å²) in [4.78, 5) is 0. The van der Waals surface area contributed by atoms with Crippen LogP contribution in [0.1, 0.15) is 39.4 Å². The summed E-state index contributed by atoms with van der Waals surface area (Å²) in [5.74, 6) is -0.167. The monoisotopic (exact) mass is 271 g/mol. The van der Waals surface area contributed by atoms with Gasteiger partial charge in [-0.15, -0.1) is 0 Å². The van der Waals surface area contributed by atoms with Crippen LogP contribution in [0, 0.1) is 33.5 Å². The molecular weight excluding hydrogens is 249 g/mol. The predicted molar refractivity (Wildman–Crippen MR) is 82.7 cm³/mol. The Kier molecular flexibility index (Phi) is 4.24. The number of hydrogen-bond acceptors (Lipinski definition) is 1. The summed E-state index contributed by atoms with van der Waals surface area (Å²) in [6.45, 7) is 8.16. The van der Waals surface area contributed by atoms with Gasteiger partial charge in [-0.25, -0.2) is 4.39 Å². The van der Waals surface area contributed by atoms with Crippen molar-refractivity contribution in [2.45, 2.75) is 33.7 Å². The minimum absolute atomic E-state index is 0.0931. The Morgan fingerprint density at radius 3 is 2.05 bits per heavy atom. The molecule has 1 N–H and O–H groups in total. The molecule has 0 radical (unpaired) electrons. The third-order valence-electron chi connectivity index (χ3n) is 3.88. The Bertz CT molecular complexity index is 608. The molecule has 0 aliphatic heterocycles. The van der Waals surface area contributed by atoms with Crippen molar-refractivity contribution in [2.75, 3.05) is 7.05 Å². The molecule has 0 bridgehead atoms. The van der Waals surface area contributed by atoms with Crippen molar-refractivity contribution in [3.05, 3.63) is 69.5 Å². The van der Waals surface area contributed by atoms with E-state index in [1.54, 1.807) is 12.1 Å². The van der Waals surface area contributed by atoms with Gasteiger partial charge in [-0.1, -0.05) is 23.8 Å². The minimum atomic E-state index is -0.167. The molecule has 2 rings (SSSR count). The molecule has 20 heavy (non-hydrogen) atoms. The van der Waals surface area contributed by atoms with Gasteiger partial charge in [0.1, 0.15) is 5.82 Å². The molecule has 1 nitrogen and oxygen atoms in total. The fraction of sp³-hybridized carbons (Fsp3) is 0.333. The standard InChI is InChI=1S/C18H22FN/c1-11-6-7-12(2)16(8-11)18(20-5)17-13(3)9-15(19)10-14(17)4/h6-10,18,20H,1-5H3. The lowest BCUT2D eigenvalue weighted by atomic mass is 9.88. The van der Waals surface area contributed by atoms with E-state index in [2.05, 4.69) is 37.4 Å². The van der Waals surface area contributed by atoms with Crippen molar-refractivity contribution in [1.82, 2.24) is 5.32 Å². The smallest absolute Gasteiger partial charge is 0.123 e. The Hall–Kier alpha value is -1.67. The maximum absolute atomic E-state index is 13.5. The molecule has 0 amide bonds. The number of rotatable bonds is 3. The van der Waals surface area contributed by atoms with Crippen molar-refractivity contribution in [3.8, 4) is 0 Å². The quantitative estimate of drug-likeness (QED) is 0.874. The topological polar surface area (TPSA) is 12.0 Å². The van der Waals surface area contributed by atoms with E-state index in [-0.39, 0.29) is 11.9 Å². The first kappa shape index (κ1) is 14.7. The van der Waals surface area contributed by atoms with E-state index in [4.69, 9.17) is 0 Å². The second-order valence-corrected chi connectivity index (χ2v) is 5.53. The van der Waals surface area contributed by atoms with E-state index in [1.807, 2.05) is 20.9 Å². The fourth-order valence-corrected chi connectivity index (χ4v) is 2.90. The van der Waals surface area contributed by atoms with Crippen LogP contribution in [0.15, 0.2) is 30.3 Å². The van der Waals surface area contributed by atoms with E-state index in [0.717, 1.165) is 11.1 Å². The van der Waals surface area contributed by atoms with Gasteiger partial charge in [-0.2, -0.15) is 0 Å². The number of aryl methyl sites for hydroxylation is 4. The van der Waals surface area contributed by atoms with Crippen molar-refractivity contribution in [2.24, 2.45) is 0 Å². The number of nitrogens with one attached hydrogen (secondary N) is 1. The van der Waals surface area contributed by atoms with Crippen LogP contribution in [0.25, 0.3) is 0 Å². The Morgan fingerprint density at radius 1 is 0.900 bits per heavy atom. The van der Waals surface area contributed by atoms with Gasteiger partial charge in [0, 0.05) is 0 Å². The van der Waals surface area contributed by atoms with Crippen LogP contribution in [-0.4, -0.2) is 7.05 Å². The molecule has 0 aliphatic carbocycles. The third-order valence-corrected chi connectivity index (χ3v) is 3.88. The number of hydrogen-bond donors (Lipinski definition) is 1. The highest BCUT2D eigenvalue weighted by Crippen LogP contribution is 2.30. The fourth-order valence-electron chi connectivity index (χ4n) is 2.90. The molecule has 2 heteroatoms. The molecule has 0 spiro atoms. The Morgan fingerprint density at radius 2 is 1.50 bits per heavy atom. The first-order valence-electron chi connectivity index (χ1n) is 6.95. The van der Waals surface area contributed by atoms with Gasteiger partial charge in [0.15, 0.2) is 0 Å². The van der Waals surface area contributed by atoms with Crippen LogP contribution in [0.4, 0.5) is 4.39 Å². The molecule has 0 saturated heterocycles. The summed E-state index contributed by atoms with van der Waals surface area (Å²) < 4.78 is 13.5. The maximum atomic E-state index is 13.5. The average Bonchev–Trinajstić information content (AvgIpc) is 2.37. The number of halogens is 1. The molecule has 1 atom stereocenters. The zero-order valence-corrected chi connectivity index (χ0v) is 12.8. The summed E-state index contributed by atoms with van der Waals surface area (Å²) in [6.07, 6.45) is 0. The van der Waals surface area contributed by atoms with E-state index in [9.17, 15) is 4.39 Å². The molecule has 0 saturated carbocycles. The summed E-state index contributed by atoms with van der Waals surface area (Å²) in [5, 5.41) is 3.38.